The number of pyridine rings is 1. The minimum atomic E-state index is -0.554. The Balaban J connectivity index is 1.86. The van der Waals surface area contributed by atoms with Crippen molar-refractivity contribution in [1.29, 1.82) is 0 Å². The number of anilines is 2. The molecule has 0 atom stereocenters. The van der Waals surface area contributed by atoms with Crippen molar-refractivity contribution < 1.29 is 14.3 Å². The lowest BCUT2D eigenvalue weighted by Crippen LogP contribution is -2.21. The normalized spacial score (nSPS) is 11.2. The fraction of sp³-hybridized carbons (Fsp3) is 0.286. The number of nitrogens with one attached hydrogen (secondary N) is 1. The van der Waals surface area contributed by atoms with E-state index in [4.69, 9.17) is 20.2 Å². The van der Waals surface area contributed by atoms with Gasteiger partial charge in [0.2, 0.25) is 0 Å². The first-order valence-corrected chi connectivity index (χ1v) is 11.9. The minimum Gasteiger partial charge on any atom is -0.492 e. The van der Waals surface area contributed by atoms with Crippen LogP contribution in [-0.4, -0.2) is 54.0 Å². The zero-order valence-electron chi connectivity index (χ0n) is 21.5. The fourth-order valence-corrected chi connectivity index (χ4v) is 4.14. The number of hydrogen-bond acceptors (Lipinski definition) is 6. The van der Waals surface area contributed by atoms with Crippen LogP contribution in [0.3, 0.4) is 0 Å². The maximum absolute atomic E-state index is 11.6. The zero-order chi connectivity index (χ0) is 25.8. The van der Waals surface area contributed by atoms with E-state index in [0.29, 0.717) is 23.8 Å². The lowest BCUT2D eigenvalue weighted by atomic mass is 10.0. The van der Waals surface area contributed by atoms with Crippen LogP contribution in [0.25, 0.3) is 16.9 Å². The Hall–Kier alpha value is -4.04. The minimum absolute atomic E-state index is 0.249. The summed E-state index contributed by atoms with van der Waals surface area (Å²) >= 11 is 0. The van der Waals surface area contributed by atoms with Crippen LogP contribution in [0.15, 0.2) is 54.7 Å². The predicted octanol–water partition coefficient (Wildman–Crippen LogP) is 4.47. The smallest absolute Gasteiger partial charge is 0.255 e. The first kappa shape index (κ1) is 25.1. The number of nitrogens with zero attached hydrogens (tertiary/aromatic N) is 3. The number of carbonyl (C=O) groups excluding carboxylic acids is 1. The maximum Gasteiger partial charge on any atom is 0.255 e. The molecular formula is C28H33N5O3. The summed E-state index contributed by atoms with van der Waals surface area (Å²) in [6.07, 6.45) is 1.97. The van der Waals surface area contributed by atoms with Crippen LogP contribution in [0.2, 0.25) is 0 Å². The number of aryl methyl sites for hydroxylation is 3. The van der Waals surface area contributed by atoms with E-state index in [-0.39, 0.29) is 6.61 Å². The van der Waals surface area contributed by atoms with E-state index in [1.165, 1.54) is 0 Å². The molecule has 1 amide bonds. The first-order chi connectivity index (χ1) is 17.2. The van der Waals surface area contributed by atoms with Gasteiger partial charge < -0.3 is 25.4 Å². The van der Waals surface area contributed by atoms with Gasteiger partial charge in [-0.15, -0.1) is 0 Å². The standard InChI is InChI=1S/C28H33N5O3/c1-18-9-8-10-19(2)26(18)31-28-27(30-24-11-6-7-12-33(24)28)25-20(3)15-21(35-14-13-32(4)5)16-22(25)36-17-23(29)34/h6-12,15-16,31H,13-14,17H2,1-5H3,(H2,29,34). The highest BCUT2D eigenvalue weighted by atomic mass is 16.5. The van der Waals surface area contributed by atoms with Gasteiger partial charge in [0.25, 0.3) is 5.91 Å². The Morgan fingerprint density at radius 3 is 2.47 bits per heavy atom. The number of carbonyl (C=O) groups is 1. The van der Waals surface area contributed by atoms with Crippen molar-refractivity contribution in [2.24, 2.45) is 5.73 Å². The number of nitrogens with two attached hydrogens (primary N) is 1. The number of fused-ring (bicyclic) bond motifs is 1. The lowest BCUT2D eigenvalue weighted by molar-refractivity contribution is -0.119. The Morgan fingerprint density at radius 1 is 1.03 bits per heavy atom. The van der Waals surface area contributed by atoms with Crippen molar-refractivity contribution >= 4 is 23.1 Å². The molecule has 0 saturated heterocycles. The van der Waals surface area contributed by atoms with E-state index >= 15 is 0 Å². The molecule has 188 valence electrons. The highest BCUT2D eigenvalue weighted by molar-refractivity contribution is 5.86. The molecule has 4 rings (SSSR count). The van der Waals surface area contributed by atoms with Crippen molar-refractivity contribution in [2.45, 2.75) is 20.8 Å². The van der Waals surface area contributed by atoms with Gasteiger partial charge in [-0.05, 0) is 69.8 Å². The molecular weight excluding hydrogens is 454 g/mol. The molecule has 0 radical (unpaired) electrons. The summed E-state index contributed by atoms with van der Waals surface area (Å²) in [5, 5.41) is 3.63. The monoisotopic (exact) mass is 487 g/mol. The van der Waals surface area contributed by atoms with Crippen LogP contribution in [0.4, 0.5) is 11.5 Å². The molecule has 0 saturated carbocycles. The number of hydrogen-bond donors (Lipinski definition) is 2. The average Bonchev–Trinajstić information content (AvgIpc) is 3.17. The molecule has 3 N–H and O–H groups in total. The van der Waals surface area contributed by atoms with E-state index in [1.54, 1.807) is 6.07 Å². The van der Waals surface area contributed by atoms with Crippen molar-refractivity contribution in [3.8, 4) is 22.8 Å². The number of ether oxygens (including phenoxy) is 2. The third-order valence-electron chi connectivity index (χ3n) is 5.94. The summed E-state index contributed by atoms with van der Waals surface area (Å²) in [5.74, 6) is 1.39. The number of benzene rings is 2. The van der Waals surface area contributed by atoms with Crippen LogP contribution in [0.1, 0.15) is 16.7 Å². The summed E-state index contributed by atoms with van der Waals surface area (Å²) in [4.78, 5) is 18.6. The van der Waals surface area contributed by atoms with Gasteiger partial charge in [0, 0.05) is 30.1 Å². The molecule has 36 heavy (non-hydrogen) atoms. The Labute approximate surface area is 211 Å². The summed E-state index contributed by atoms with van der Waals surface area (Å²) in [5.41, 5.74) is 11.9. The molecule has 0 aliphatic rings. The highest BCUT2D eigenvalue weighted by Gasteiger charge is 2.22. The maximum atomic E-state index is 11.6. The van der Waals surface area contributed by atoms with Gasteiger partial charge in [-0.25, -0.2) is 4.98 Å². The van der Waals surface area contributed by atoms with E-state index in [0.717, 1.165) is 46.0 Å². The third kappa shape index (κ3) is 5.44. The van der Waals surface area contributed by atoms with Crippen molar-refractivity contribution in [3.05, 3.63) is 71.4 Å². The number of para-hydroxylation sites is 1. The zero-order valence-corrected chi connectivity index (χ0v) is 21.5. The molecule has 2 aromatic heterocycles. The van der Waals surface area contributed by atoms with E-state index < -0.39 is 5.91 Å². The molecule has 0 aliphatic carbocycles. The number of likely N-dealkylation sites (N-methyl/N-ethyl adjacent to an activating group) is 1. The van der Waals surface area contributed by atoms with Gasteiger partial charge in [-0.3, -0.25) is 9.20 Å². The van der Waals surface area contributed by atoms with Gasteiger partial charge in [0.15, 0.2) is 6.61 Å². The topological polar surface area (TPSA) is 94.1 Å². The lowest BCUT2D eigenvalue weighted by Gasteiger charge is -2.18. The Kier molecular flexibility index (Phi) is 7.45. The molecule has 0 aliphatic heterocycles. The highest BCUT2D eigenvalue weighted by Crippen LogP contribution is 2.41. The number of primary amides is 1. The van der Waals surface area contributed by atoms with Crippen molar-refractivity contribution in [2.75, 3.05) is 39.2 Å². The molecule has 0 fully saturated rings. The number of rotatable bonds is 10. The number of aromatic nitrogens is 2. The fourth-order valence-electron chi connectivity index (χ4n) is 4.14. The van der Waals surface area contributed by atoms with Gasteiger partial charge >= 0.3 is 0 Å². The summed E-state index contributed by atoms with van der Waals surface area (Å²) in [7, 11) is 3.99. The van der Waals surface area contributed by atoms with Crippen LogP contribution in [-0.2, 0) is 4.79 Å². The molecule has 2 heterocycles. The Morgan fingerprint density at radius 2 is 1.78 bits per heavy atom. The van der Waals surface area contributed by atoms with Crippen molar-refractivity contribution in [1.82, 2.24) is 14.3 Å². The van der Waals surface area contributed by atoms with E-state index in [2.05, 4.69) is 31.3 Å². The molecule has 0 spiro atoms. The molecule has 8 nitrogen and oxygen atoms in total. The number of amides is 1. The SMILES string of the molecule is Cc1cccc(C)c1Nc1c(-c2c(C)cc(OCCN(C)C)cc2OCC(N)=O)nc2ccccn12. The molecule has 8 heteroatoms. The van der Waals surface area contributed by atoms with Gasteiger partial charge in [0.1, 0.15) is 35.3 Å². The van der Waals surface area contributed by atoms with Gasteiger partial charge in [-0.2, -0.15) is 0 Å². The Bertz CT molecular complexity index is 1370. The molecule has 0 bridgehead atoms. The quantitative estimate of drug-likeness (QED) is 0.343. The second kappa shape index (κ2) is 10.7. The van der Waals surface area contributed by atoms with Gasteiger partial charge in [-0.1, -0.05) is 24.3 Å². The molecule has 4 aromatic rings. The van der Waals surface area contributed by atoms with Crippen LogP contribution < -0.4 is 20.5 Å². The summed E-state index contributed by atoms with van der Waals surface area (Å²) in [6.45, 7) is 7.18. The number of imidazole rings is 1. The van der Waals surface area contributed by atoms with Crippen LogP contribution in [0, 0.1) is 20.8 Å². The predicted molar refractivity (Wildman–Crippen MR) is 143 cm³/mol. The largest absolute Gasteiger partial charge is 0.492 e. The second-order valence-electron chi connectivity index (χ2n) is 9.15. The van der Waals surface area contributed by atoms with E-state index in [1.807, 2.05) is 66.8 Å². The molecule has 2 aromatic carbocycles. The van der Waals surface area contributed by atoms with E-state index in [9.17, 15) is 4.79 Å². The average molecular weight is 488 g/mol. The summed E-state index contributed by atoms with van der Waals surface area (Å²) in [6, 6.07) is 15.8. The first-order valence-electron chi connectivity index (χ1n) is 11.9. The van der Waals surface area contributed by atoms with Crippen LogP contribution in [0.5, 0.6) is 11.5 Å². The third-order valence-corrected chi connectivity index (χ3v) is 5.94. The molecule has 0 unspecified atom stereocenters. The van der Waals surface area contributed by atoms with Crippen LogP contribution >= 0.6 is 0 Å². The van der Waals surface area contributed by atoms with Gasteiger partial charge in [0.05, 0.1) is 0 Å². The summed E-state index contributed by atoms with van der Waals surface area (Å²) < 4.78 is 13.9. The van der Waals surface area contributed by atoms with Crippen molar-refractivity contribution in [3.63, 3.8) is 0 Å². The second-order valence-corrected chi connectivity index (χ2v) is 9.15.